The highest BCUT2D eigenvalue weighted by Crippen LogP contribution is 2.31. The number of amides is 1. The number of aryl methyl sites for hydroxylation is 1. The molecule has 4 aromatic heterocycles. The molecule has 0 aliphatic carbocycles. The second-order valence-corrected chi connectivity index (χ2v) is 9.41. The molecule has 6 rings (SSSR count). The Hall–Kier alpha value is -5.08. The van der Waals surface area contributed by atoms with E-state index in [9.17, 15) is 15.2 Å². The summed E-state index contributed by atoms with van der Waals surface area (Å²) in [6.45, 7) is 2.02. The van der Waals surface area contributed by atoms with Gasteiger partial charge >= 0.3 is 0 Å². The van der Waals surface area contributed by atoms with Gasteiger partial charge in [0.1, 0.15) is 6.07 Å². The molecule has 5 heterocycles. The van der Waals surface area contributed by atoms with Crippen molar-refractivity contribution < 1.29 is 9.90 Å². The number of pyridine rings is 1. The molecule has 1 saturated heterocycles. The van der Waals surface area contributed by atoms with E-state index in [0.717, 1.165) is 22.3 Å². The summed E-state index contributed by atoms with van der Waals surface area (Å²) in [6, 6.07) is 13.2. The summed E-state index contributed by atoms with van der Waals surface area (Å²) in [4.78, 5) is 25.7. The molecule has 1 unspecified atom stereocenters. The molecular formula is C28H25N9O2. The van der Waals surface area contributed by atoms with Crippen molar-refractivity contribution in [2.24, 2.45) is 7.05 Å². The highest BCUT2D eigenvalue weighted by atomic mass is 16.3. The number of carbonyl (C=O) groups is 1. The molecule has 0 saturated carbocycles. The molecule has 1 amide bonds. The quantitative estimate of drug-likeness (QED) is 0.375. The molecule has 11 nitrogen and oxygen atoms in total. The molecule has 0 spiro atoms. The first-order valence-corrected chi connectivity index (χ1v) is 12.5. The highest BCUT2D eigenvalue weighted by molar-refractivity contribution is 5.87. The zero-order valence-electron chi connectivity index (χ0n) is 21.2. The summed E-state index contributed by atoms with van der Waals surface area (Å²) in [6.07, 6.45) is 9.45. The van der Waals surface area contributed by atoms with Crippen molar-refractivity contribution >= 4 is 17.4 Å². The van der Waals surface area contributed by atoms with Crippen LogP contribution in [0.3, 0.4) is 0 Å². The van der Waals surface area contributed by atoms with Gasteiger partial charge in [-0.05, 0) is 11.6 Å². The lowest BCUT2D eigenvalue weighted by molar-refractivity contribution is -0.140. The minimum Gasteiger partial charge on any atom is -0.378 e. The van der Waals surface area contributed by atoms with Crippen molar-refractivity contribution in [1.29, 1.82) is 5.26 Å². The normalized spacial score (nSPS) is 14.4. The van der Waals surface area contributed by atoms with E-state index in [1.165, 1.54) is 0 Å². The molecule has 1 atom stereocenters. The third kappa shape index (κ3) is 4.58. The van der Waals surface area contributed by atoms with Gasteiger partial charge in [0.05, 0.1) is 23.5 Å². The Balaban J connectivity index is 1.22. The van der Waals surface area contributed by atoms with Gasteiger partial charge in [-0.25, -0.2) is 14.5 Å². The third-order valence-corrected chi connectivity index (χ3v) is 6.94. The molecule has 1 fully saturated rings. The fourth-order valence-electron chi connectivity index (χ4n) is 4.85. The maximum atomic E-state index is 12.8. The van der Waals surface area contributed by atoms with E-state index >= 15 is 0 Å². The number of nitriles is 1. The van der Waals surface area contributed by atoms with Gasteiger partial charge in [-0.15, -0.1) is 0 Å². The maximum absolute atomic E-state index is 12.8. The maximum Gasteiger partial charge on any atom is 0.256 e. The van der Waals surface area contributed by atoms with Crippen molar-refractivity contribution in [1.82, 2.24) is 34.3 Å². The van der Waals surface area contributed by atoms with Gasteiger partial charge in [-0.3, -0.25) is 9.48 Å². The average Bonchev–Trinajstić information content (AvgIpc) is 3.62. The molecule has 11 heteroatoms. The van der Waals surface area contributed by atoms with Crippen molar-refractivity contribution in [3.63, 3.8) is 0 Å². The van der Waals surface area contributed by atoms with Gasteiger partial charge in [0.25, 0.3) is 5.91 Å². The third-order valence-electron chi connectivity index (χ3n) is 6.94. The van der Waals surface area contributed by atoms with Crippen molar-refractivity contribution in [3.8, 4) is 28.3 Å². The van der Waals surface area contributed by atoms with Gasteiger partial charge in [-0.1, -0.05) is 30.3 Å². The molecule has 1 aliphatic rings. The van der Waals surface area contributed by atoms with Crippen molar-refractivity contribution in [3.05, 3.63) is 84.7 Å². The molecule has 5 aromatic rings. The smallest absolute Gasteiger partial charge is 0.256 e. The van der Waals surface area contributed by atoms with Crippen LogP contribution in [0.25, 0.3) is 27.8 Å². The number of benzene rings is 1. The molecular weight excluding hydrogens is 494 g/mol. The van der Waals surface area contributed by atoms with Crippen LogP contribution >= 0.6 is 0 Å². The topological polar surface area (TPSA) is 128 Å². The monoisotopic (exact) mass is 519 g/mol. The van der Waals surface area contributed by atoms with Crippen LogP contribution in [0.2, 0.25) is 0 Å². The van der Waals surface area contributed by atoms with E-state index in [0.29, 0.717) is 48.8 Å². The van der Waals surface area contributed by atoms with Crippen LogP contribution in [0.1, 0.15) is 17.2 Å². The number of fused-ring (bicyclic) bond motifs is 1. The number of hydrogen-bond acceptors (Lipinski definition) is 8. The molecule has 0 bridgehead atoms. The molecule has 1 aliphatic heterocycles. The second kappa shape index (κ2) is 10.00. The average molecular weight is 520 g/mol. The first-order valence-electron chi connectivity index (χ1n) is 12.5. The van der Waals surface area contributed by atoms with Gasteiger partial charge in [0.15, 0.2) is 6.10 Å². The number of piperazine rings is 1. The summed E-state index contributed by atoms with van der Waals surface area (Å²) in [5.41, 5.74) is 5.12. The van der Waals surface area contributed by atoms with Gasteiger partial charge < -0.3 is 14.9 Å². The number of rotatable bonds is 5. The van der Waals surface area contributed by atoms with Crippen molar-refractivity contribution in [2.45, 2.75) is 6.10 Å². The minimum absolute atomic E-state index is 0.302. The standard InChI is InChI=1S/C28H25N9O2/c1-34-17-23(16-32-34)20-11-24(25-21(12-29)15-33-37(25)18-20)22-13-30-28(31-14-22)36-9-7-35(8-10-36)27(39)26(38)19-5-3-2-4-6-19/h2-6,11,13-18,26,38H,7-10H2,1H3. The molecule has 1 N–H and O–H groups in total. The Kier molecular flexibility index (Phi) is 6.22. The number of aliphatic hydroxyl groups excluding tert-OH is 1. The van der Waals surface area contributed by atoms with Crippen LogP contribution in [-0.2, 0) is 11.8 Å². The Bertz CT molecular complexity index is 1680. The summed E-state index contributed by atoms with van der Waals surface area (Å²) >= 11 is 0. The Labute approximate surface area is 224 Å². The lowest BCUT2D eigenvalue weighted by Crippen LogP contribution is -2.50. The van der Waals surface area contributed by atoms with Crippen LogP contribution in [-0.4, -0.2) is 71.5 Å². The van der Waals surface area contributed by atoms with E-state index in [4.69, 9.17) is 0 Å². The largest absolute Gasteiger partial charge is 0.378 e. The van der Waals surface area contributed by atoms with Crippen LogP contribution < -0.4 is 4.90 Å². The fourth-order valence-corrected chi connectivity index (χ4v) is 4.85. The van der Waals surface area contributed by atoms with Crippen LogP contribution in [0.5, 0.6) is 0 Å². The number of aliphatic hydroxyl groups is 1. The molecule has 194 valence electrons. The predicted octanol–water partition coefficient (Wildman–Crippen LogP) is 2.45. The second-order valence-electron chi connectivity index (χ2n) is 9.41. The minimum atomic E-state index is -1.17. The van der Waals surface area contributed by atoms with Crippen molar-refractivity contribution in [2.75, 3.05) is 31.1 Å². The number of anilines is 1. The summed E-state index contributed by atoms with van der Waals surface area (Å²) in [7, 11) is 1.86. The summed E-state index contributed by atoms with van der Waals surface area (Å²) in [5, 5.41) is 28.8. The van der Waals surface area contributed by atoms with Crippen LogP contribution in [0.4, 0.5) is 5.95 Å². The molecule has 0 radical (unpaired) electrons. The van der Waals surface area contributed by atoms with Gasteiger partial charge in [0, 0.05) is 80.3 Å². The van der Waals surface area contributed by atoms with E-state index in [1.807, 2.05) is 36.5 Å². The lowest BCUT2D eigenvalue weighted by Gasteiger charge is -2.35. The zero-order valence-corrected chi connectivity index (χ0v) is 21.2. The number of carbonyl (C=O) groups excluding carboxylic acids is 1. The van der Waals surface area contributed by atoms with Crippen LogP contribution in [0.15, 0.2) is 73.6 Å². The van der Waals surface area contributed by atoms with E-state index < -0.39 is 6.10 Å². The number of nitrogens with zero attached hydrogens (tertiary/aromatic N) is 9. The van der Waals surface area contributed by atoms with E-state index in [1.54, 1.807) is 63.1 Å². The fraction of sp³-hybridized carbons (Fsp3) is 0.214. The van der Waals surface area contributed by atoms with E-state index in [-0.39, 0.29) is 5.91 Å². The molecule has 39 heavy (non-hydrogen) atoms. The zero-order chi connectivity index (χ0) is 26.9. The number of hydrogen-bond donors (Lipinski definition) is 1. The summed E-state index contributed by atoms with van der Waals surface area (Å²) < 4.78 is 3.43. The number of aromatic nitrogens is 6. The predicted molar refractivity (Wildman–Crippen MR) is 143 cm³/mol. The SMILES string of the molecule is Cn1cc(-c2cc(-c3cnc(N4CCN(C(=O)C(O)c5ccccc5)CC4)nc3)c3c(C#N)cnn3c2)cn1. The van der Waals surface area contributed by atoms with Gasteiger partial charge in [-0.2, -0.15) is 15.5 Å². The first-order chi connectivity index (χ1) is 19.0. The highest BCUT2D eigenvalue weighted by Gasteiger charge is 2.28. The Morgan fingerprint density at radius 2 is 1.69 bits per heavy atom. The Morgan fingerprint density at radius 3 is 2.36 bits per heavy atom. The summed E-state index contributed by atoms with van der Waals surface area (Å²) in [5.74, 6) is 0.256. The Morgan fingerprint density at radius 1 is 0.949 bits per heavy atom. The van der Waals surface area contributed by atoms with E-state index in [2.05, 4.69) is 26.2 Å². The first kappa shape index (κ1) is 24.3. The van der Waals surface area contributed by atoms with Crippen LogP contribution in [0, 0.1) is 11.3 Å². The molecule has 1 aromatic carbocycles. The van der Waals surface area contributed by atoms with Gasteiger partial charge in [0.2, 0.25) is 5.95 Å². The lowest BCUT2D eigenvalue weighted by atomic mass is 10.0.